The van der Waals surface area contributed by atoms with Crippen molar-refractivity contribution in [1.29, 1.82) is 0 Å². The Hall–Kier alpha value is 0.190. The first-order chi connectivity index (χ1) is 13.5. The van der Waals surface area contributed by atoms with Crippen LogP contribution in [0.1, 0.15) is 96.8 Å². The molecule has 0 aromatic rings. The van der Waals surface area contributed by atoms with Crippen LogP contribution in [-0.2, 0) is 25.8 Å². The summed E-state index contributed by atoms with van der Waals surface area (Å²) in [4.78, 5) is 18.1. The molecule has 0 bridgehead atoms. The third kappa shape index (κ3) is 16.0. The zero-order valence-corrected chi connectivity index (χ0v) is 19.3. The average Bonchev–Trinajstić information content (AvgIpc) is 3.10. The fourth-order valence-corrected chi connectivity index (χ4v) is 3.85. The summed E-state index contributed by atoms with van der Waals surface area (Å²) in [6.07, 6.45) is 21.9. The molecule has 0 radical (unpaired) electrons. The zero-order valence-electron chi connectivity index (χ0n) is 17.6. The average molecular weight is 437 g/mol. The lowest BCUT2D eigenvalue weighted by molar-refractivity contribution is -0.0691. The van der Waals surface area contributed by atoms with Crippen molar-refractivity contribution in [1.82, 2.24) is 0 Å². The van der Waals surface area contributed by atoms with Crippen LogP contribution in [0.2, 0.25) is 0 Å². The second kappa shape index (κ2) is 16.9. The highest BCUT2D eigenvalue weighted by molar-refractivity contribution is 8.06. The molecule has 1 saturated heterocycles. The maximum atomic E-state index is 9.05. The van der Waals surface area contributed by atoms with E-state index in [1.165, 1.54) is 77.0 Å². The van der Waals surface area contributed by atoms with Crippen LogP contribution in [0.5, 0.6) is 0 Å². The predicted molar refractivity (Wildman–Crippen MR) is 119 cm³/mol. The number of allylic oxidation sites excluding steroid dienone is 2. The van der Waals surface area contributed by atoms with Crippen molar-refractivity contribution in [3.8, 4) is 0 Å². The molecule has 1 rings (SSSR count). The summed E-state index contributed by atoms with van der Waals surface area (Å²) in [7, 11) is 0. The van der Waals surface area contributed by atoms with Crippen LogP contribution in [0.15, 0.2) is 12.2 Å². The van der Waals surface area contributed by atoms with Gasteiger partial charge >= 0.3 is 6.72 Å². The molecule has 2 N–H and O–H groups in total. The Morgan fingerprint density at radius 3 is 2.11 bits per heavy atom. The normalized spacial score (nSPS) is 20.4. The molecule has 166 valence electrons. The van der Waals surface area contributed by atoms with Crippen LogP contribution in [0.4, 0.5) is 0 Å². The lowest BCUT2D eigenvalue weighted by Gasteiger charge is -2.13. The maximum absolute atomic E-state index is 9.05. The predicted octanol–water partition coefficient (Wildman–Crippen LogP) is 5.99. The minimum atomic E-state index is -3.60. The Morgan fingerprint density at radius 1 is 0.929 bits per heavy atom. The molecule has 2 unspecified atom stereocenters. The number of rotatable bonds is 18. The fourth-order valence-electron chi connectivity index (χ4n) is 3.31. The van der Waals surface area contributed by atoms with Crippen molar-refractivity contribution in [2.24, 2.45) is 0 Å². The van der Waals surface area contributed by atoms with Crippen molar-refractivity contribution in [2.45, 2.75) is 109 Å². The summed E-state index contributed by atoms with van der Waals surface area (Å²) >= 11 is 4.42. The number of ether oxygens (including phenoxy) is 2. The largest absolute Gasteiger partial charge is 0.350 e. The minimum absolute atomic E-state index is 0.0765. The van der Waals surface area contributed by atoms with Gasteiger partial charge in [-0.3, -0.25) is 0 Å². The van der Waals surface area contributed by atoms with Crippen molar-refractivity contribution in [3.05, 3.63) is 12.2 Å². The number of hydrogen-bond donors (Lipinski definition) is 2. The molecule has 0 aromatic heterocycles. The first kappa shape index (κ1) is 26.2. The molecule has 28 heavy (non-hydrogen) atoms. The highest BCUT2D eigenvalue weighted by Crippen LogP contribution is 2.37. The van der Waals surface area contributed by atoms with E-state index in [-0.39, 0.29) is 19.0 Å². The Labute approximate surface area is 177 Å². The quantitative estimate of drug-likeness (QED) is 0.156. The van der Waals surface area contributed by atoms with Crippen LogP contribution < -0.4 is 0 Å². The molecule has 2 atom stereocenters. The van der Waals surface area contributed by atoms with Crippen molar-refractivity contribution < 1.29 is 23.8 Å². The van der Waals surface area contributed by atoms with E-state index in [9.17, 15) is 0 Å². The standard InChI is InChI=1S/C21H41O5PS/c1-2-3-4-5-6-7-8-9-10-11-12-13-14-15-16-17-21-24-18-20(26-21)19-25-27(22,23)28/h9-10,20-21H,2-8,11-19H2,1H3,(H2,22,23,28). The molecule has 1 aliphatic heterocycles. The van der Waals surface area contributed by atoms with E-state index >= 15 is 0 Å². The topological polar surface area (TPSA) is 68.2 Å². The van der Waals surface area contributed by atoms with Crippen LogP contribution in [0.3, 0.4) is 0 Å². The number of unbranched alkanes of at least 4 members (excludes halogenated alkanes) is 11. The molecule has 0 aromatic carbocycles. The summed E-state index contributed by atoms with van der Waals surface area (Å²) in [6.45, 7) is -0.837. The maximum Gasteiger partial charge on any atom is 0.321 e. The smallest absolute Gasteiger partial charge is 0.321 e. The van der Waals surface area contributed by atoms with Crippen molar-refractivity contribution in [2.75, 3.05) is 13.2 Å². The molecular weight excluding hydrogens is 395 g/mol. The van der Waals surface area contributed by atoms with Gasteiger partial charge in [0.05, 0.1) is 13.2 Å². The fraction of sp³-hybridized carbons (Fsp3) is 0.905. The summed E-state index contributed by atoms with van der Waals surface area (Å²) < 4.78 is 16.0. The lowest BCUT2D eigenvalue weighted by Crippen LogP contribution is -2.18. The van der Waals surface area contributed by atoms with E-state index in [4.69, 9.17) is 23.8 Å². The van der Waals surface area contributed by atoms with Crippen LogP contribution in [0, 0.1) is 0 Å². The van der Waals surface area contributed by atoms with E-state index < -0.39 is 6.72 Å². The van der Waals surface area contributed by atoms with Crippen LogP contribution >= 0.6 is 6.72 Å². The van der Waals surface area contributed by atoms with Gasteiger partial charge in [0.1, 0.15) is 6.10 Å². The van der Waals surface area contributed by atoms with Crippen LogP contribution in [-0.4, -0.2) is 35.4 Å². The van der Waals surface area contributed by atoms with Gasteiger partial charge < -0.3 is 23.8 Å². The third-order valence-electron chi connectivity index (χ3n) is 4.94. The van der Waals surface area contributed by atoms with E-state index in [0.29, 0.717) is 6.61 Å². The minimum Gasteiger partial charge on any atom is -0.350 e. The van der Waals surface area contributed by atoms with Gasteiger partial charge in [0.15, 0.2) is 6.29 Å². The molecule has 7 heteroatoms. The lowest BCUT2D eigenvalue weighted by atomic mass is 10.1. The van der Waals surface area contributed by atoms with Gasteiger partial charge in [-0.25, -0.2) is 0 Å². The molecular formula is C21H41O5PS. The summed E-state index contributed by atoms with van der Waals surface area (Å²) in [6, 6.07) is 0. The Balaban J connectivity index is 1.83. The summed E-state index contributed by atoms with van der Waals surface area (Å²) in [5.41, 5.74) is 0. The summed E-state index contributed by atoms with van der Waals surface area (Å²) in [5, 5.41) is 0. The zero-order chi connectivity index (χ0) is 20.5. The molecule has 1 heterocycles. The second-order valence-corrected chi connectivity index (χ2v) is 10.3. The first-order valence-corrected chi connectivity index (χ1v) is 13.8. The monoisotopic (exact) mass is 436 g/mol. The molecule has 0 amide bonds. The van der Waals surface area contributed by atoms with Gasteiger partial charge in [-0.1, -0.05) is 70.4 Å². The molecule has 1 aliphatic rings. The SMILES string of the molecule is CCCCCCCCC=CCCCCCCCC1OCC(COP(O)(O)=S)O1. The molecule has 5 nitrogen and oxygen atoms in total. The highest BCUT2D eigenvalue weighted by atomic mass is 32.5. The first-order valence-electron chi connectivity index (χ1n) is 11.1. The molecule has 0 spiro atoms. The Morgan fingerprint density at radius 2 is 1.50 bits per heavy atom. The van der Waals surface area contributed by atoms with Gasteiger partial charge in [0.25, 0.3) is 0 Å². The van der Waals surface area contributed by atoms with Crippen molar-refractivity contribution >= 4 is 18.5 Å². The molecule has 0 saturated carbocycles. The summed E-state index contributed by atoms with van der Waals surface area (Å²) in [5.74, 6) is 0. The Bertz CT molecular complexity index is 441. The second-order valence-electron chi connectivity index (χ2n) is 7.68. The van der Waals surface area contributed by atoms with Crippen LogP contribution in [0.25, 0.3) is 0 Å². The highest BCUT2D eigenvalue weighted by Gasteiger charge is 2.27. The van der Waals surface area contributed by atoms with E-state index in [2.05, 4.69) is 30.9 Å². The van der Waals surface area contributed by atoms with E-state index in [1.54, 1.807) is 0 Å². The van der Waals surface area contributed by atoms with Gasteiger partial charge in [-0.05, 0) is 50.3 Å². The number of hydrogen-bond acceptors (Lipinski definition) is 4. The third-order valence-corrected chi connectivity index (χ3v) is 5.74. The van der Waals surface area contributed by atoms with E-state index in [1.807, 2.05) is 0 Å². The van der Waals surface area contributed by atoms with Crippen molar-refractivity contribution in [3.63, 3.8) is 0 Å². The molecule has 0 aliphatic carbocycles. The van der Waals surface area contributed by atoms with Gasteiger partial charge in [0.2, 0.25) is 0 Å². The van der Waals surface area contributed by atoms with Gasteiger partial charge in [-0.2, -0.15) is 0 Å². The molecule has 1 fully saturated rings. The Kier molecular flexibility index (Phi) is 15.9. The van der Waals surface area contributed by atoms with E-state index in [0.717, 1.165) is 12.8 Å². The van der Waals surface area contributed by atoms with Gasteiger partial charge in [-0.15, -0.1) is 0 Å². The van der Waals surface area contributed by atoms with Gasteiger partial charge in [0, 0.05) is 0 Å².